The molecule has 0 aliphatic carbocycles. The highest BCUT2D eigenvalue weighted by Gasteiger charge is 2.20. The zero-order valence-corrected chi connectivity index (χ0v) is 14.7. The molecule has 0 aliphatic rings. The number of hydrogen-bond donors (Lipinski definition) is 1. The first-order valence-electron chi connectivity index (χ1n) is 7.68. The number of nitrogens with zero attached hydrogens (tertiary/aromatic N) is 2. The first-order chi connectivity index (χ1) is 11.9. The van der Waals surface area contributed by atoms with E-state index in [9.17, 15) is 9.59 Å². The summed E-state index contributed by atoms with van der Waals surface area (Å²) in [7, 11) is 1.47. The van der Waals surface area contributed by atoms with E-state index < -0.39 is 5.97 Å². The minimum Gasteiger partial charge on any atom is -0.494 e. The number of carbonyl (C=O) groups is 2. The number of aldehydes is 1. The van der Waals surface area contributed by atoms with Crippen molar-refractivity contribution in [3.05, 3.63) is 35.0 Å². The van der Waals surface area contributed by atoms with Gasteiger partial charge < -0.3 is 15.2 Å². The van der Waals surface area contributed by atoms with Crippen molar-refractivity contribution in [2.45, 2.75) is 20.8 Å². The summed E-state index contributed by atoms with van der Waals surface area (Å²) in [5.41, 5.74) is 6.49. The van der Waals surface area contributed by atoms with E-state index in [2.05, 4.69) is 4.99 Å². The number of aliphatic imine (C=N–C) groups is 1. The lowest BCUT2D eigenvalue weighted by Crippen LogP contribution is -2.23. The number of carbonyl (C=O) groups excluding carboxylic acids is 2. The minimum absolute atomic E-state index is 0.0436. The fourth-order valence-electron chi connectivity index (χ4n) is 2.06. The van der Waals surface area contributed by atoms with Gasteiger partial charge in [-0.05, 0) is 31.0 Å². The van der Waals surface area contributed by atoms with Crippen molar-refractivity contribution in [3.63, 3.8) is 0 Å². The van der Waals surface area contributed by atoms with Crippen LogP contribution in [0.5, 0.6) is 5.75 Å². The summed E-state index contributed by atoms with van der Waals surface area (Å²) >= 11 is 0. The highest BCUT2D eigenvalue weighted by atomic mass is 16.5. The van der Waals surface area contributed by atoms with Gasteiger partial charge >= 0.3 is 5.97 Å². The normalized spacial score (nSPS) is 12.2. The van der Waals surface area contributed by atoms with Crippen molar-refractivity contribution in [3.8, 4) is 11.8 Å². The van der Waals surface area contributed by atoms with Crippen LogP contribution in [0.2, 0.25) is 0 Å². The number of benzene rings is 1. The molecule has 25 heavy (non-hydrogen) atoms. The summed E-state index contributed by atoms with van der Waals surface area (Å²) < 4.78 is 10.1. The molecule has 0 saturated heterocycles. The van der Waals surface area contributed by atoms with Crippen LogP contribution in [0.4, 0.5) is 5.69 Å². The SMILES string of the molecule is CCOC(=O)C(N)=C(C=O)C(=Nc1cc(C#N)ccc1OC)C(C)C. The standard InChI is InChI=1S/C18H21N3O4/c1-5-25-18(23)16(20)13(10-22)17(11(2)3)21-14-8-12(9-19)6-7-15(14)24-4/h6-8,10-11H,5,20H2,1-4H3. The number of esters is 1. The largest absolute Gasteiger partial charge is 0.494 e. The highest BCUT2D eigenvalue weighted by Crippen LogP contribution is 2.30. The lowest BCUT2D eigenvalue weighted by molar-refractivity contribution is -0.138. The number of nitriles is 1. The van der Waals surface area contributed by atoms with Crippen molar-refractivity contribution in [2.24, 2.45) is 16.6 Å². The second-order valence-electron chi connectivity index (χ2n) is 5.32. The molecule has 1 aromatic carbocycles. The van der Waals surface area contributed by atoms with Crippen LogP contribution >= 0.6 is 0 Å². The van der Waals surface area contributed by atoms with Crippen molar-refractivity contribution in [1.82, 2.24) is 0 Å². The van der Waals surface area contributed by atoms with Gasteiger partial charge in [-0.15, -0.1) is 0 Å². The molecule has 2 N–H and O–H groups in total. The molecule has 0 radical (unpaired) electrons. The number of nitrogens with two attached hydrogens (primary N) is 1. The van der Waals surface area contributed by atoms with Gasteiger partial charge in [-0.2, -0.15) is 5.26 Å². The van der Waals surface area contributed by atoms with E-state index in [4.69, 9.17) is 20.5 Å². The number of ether oxygens (including phenoxy) is 2. The third-order valence-electron chi connectivity index (χ3n) is 3.28. The maximum Gasteiger partial charge on any atom is 0.354 e. The summed E-state index contributed by atoms with van der Waals surface area (Å²) in [5, 5.41) is 9.06. The lowest BCUT2D eigenvalue weighted by atomic mass is 9.98. The topological polar surface area (TPSA) is 115 Å². The van der Waals surface area contributed by atoms with Gasteiger partial charge in [0.2, 0.25) is 0 Å². The van der Waals surface area contributed by atoms with Crippen LogP contribution in [0.3, 0.4) is 0 Å². The molecular weight excluding hydrogens is 322 g/mol. The van der Waals surface area contributed by atoms with Gasteiger partial charge in [-0.3, -0.25) is 4.79 Å². The van der Waals surface area contributed by atoms with E-state index >= 15 is 0 Å². The molecule has 1 aromatic rings. The predicted octanol–water partition coefficient (Wildman–Crippen LogP) is 2.27. The van der Waals surface area contributed by atoms with E-state index in [1.54, 1.807) is 32.9 Å². The molecule has 7 nitrogen and oxygen atoms in total. The monoisotopic (exact) mass is 343 g/mol. The number of hydrogen-bond acceptors (Lipinski definition) is 7. The Morgan fingerprint density at radius 3 is 2.60 bits per heavy atom. The van der Waals surface area contributed by atoms with E-state index in [0.717, 1.165) is 0 Å². The van der Waals surface area contributed by atoms with Crippen LogP contribution in [0.25, 0.3) is 0 Å². The Kier molecular flexibility index (Phi) is 7.35. The van der Waals surface area contributed by atoms with Crippen LogP contribution in [0.1, 0.15) is 26.3 Å². The second-order valence-corrected chi connectivity index (χ2v) is 5.32. The average molecular weight is 343 g/mol. The molecule has 0 heterocycles. The van der Waals surface area contributed by atoms with E-state index in [1.807, 2.05) is 6.07 Å². The molecule has 0 unspecified atom stereocenters. The first kappa shape index (κ1) is 19.9. The molecule has 0 saturated carbocycles. The summed E-state index contributed by atoms with van der Waals surface area (Å²) in [4.78, 5) is 27.9. The number of methoxy groups -OCH3 is 1. The van der Waals surface area contributed by atoms with E-state index in [-0.39, 0.29) is 23.8 Å². The third-order valence-corrected chi connectivity index (χ3v) is 3.28. The Labute approximate surface area is 146 Å². The van der Waals surface area contributed by atoms with E-state index in [0.29, 0.717) is 29.0 Å². The summed E-state index contributed by atoms with van der Waals surface area (Å²) in [5.74, 6) is -0.573. The van der Waals surface area contributed by atoms with Crippen molar-refractivity contribution >= 4 is 23.7 Å². The molecule has 132 valence electrons. The Hall–Kier alpha value is -3.14. The van der Waals surface area contributed by atoms with Crippen LogP contribution in [0.15, 0.2) is 34.5 Å². The highest BCUT2D eigenvalue weighted by molar-refractivity contribution is 6.20. The maximum atomic E-state index is 11.9. The Bertz CT molecular complexity index is 758. The molecule has 0 fully saturated rings. The number of rotatable bonds is 7. The molecule has 0 aliphatic heterocycles. The van der Waals surface area contributed by atoms with Gasteiger partial charge in [0.1, 0.15) is 17.1 Å². The van der Waals surface area contributed by atoms with Gasteiger partial charge in [-0.25, -0.2) is 9.79 Å². The van der Waals surface area contributed by atoms with Crippen LogP contribution in [-0.2, 0) is 14.3 Å². The van der Waals surface area contributed by atoms with Crippen LogP contribution in [-0.4, -0.2) is 31.7 Å². The molecule has 0 spiro atoms. The average Bonchev–Trinajstić information content (AvgIpc) is 2.61. The van der Waals surface area contributed by atoms with Crippen molar-refractivity contribution in [1.29, 1.82) is 5.26 Å². The maximum absolute atomic E-state index is 11.9. The smallest absolute Gasteiger partial charge is 0.354 e. The van der Waals surface area contributed by atoms with Crippen LogP contribution < -0.4 is 10.5 Å². The quantitative estimate of drug-likeness (QED) is 0.351. The van der Waals surface area contributed by atoms with Gasteiger partial charge in [0, 0.05) is 0 Å². The van der Waals surface area contributed by atoms with Gasteiger partial charge in [0.05, 0.1) is 36.6 Å². The fraction of sp³-hybridized carbons (Fsp3) is 0.333. The Morgan fingerprint density at radius 2 is 2.12 bits per heavy atom. The zero-order valence-electron chi connectivity index (χ0n) is 14.7. The molecule has 1 rings (SSSR count). The Balaban J connectivity index is 3.57. The summed E-state index contributed by atoms with van der Waals surface area (Å²) in [6.45, 7) is 5.39. The predicted molar refractivity (Wildman–Crippen MR) is 93.6 cm³/mol. The van der Waals surface area contributed by atoms with Gasteiger partial charge in [0.15, 0.2) is 6.29 Å². The molecule has 0 bridgehead atoms. The molecule has 0 amide bonds. The molecular formula is C18H21N3O4. The van der Waals surface area contributed by atoms with Crippen LogP contribution in [0, 0.1) is 17.2 Å². The third kappa shape index (κ3) is 4.91. The summed E-state index contributed by atoms with van der Waals surface area (Å²) in [6, 6.07) is 6.75. The van der Waals surface area contributed by atoms with Crippen molar-refractivity contribution in [2.75, 3.05) is 13.7 Å². The number of allylic oxidation sites excluding steroid dienone is 1. The second kappa shape index (κ2) is 9.23. The summed E-state index contributed by atoms with van der Waals surface area (Å²) in [6.07, 6.45) is 0.478. The van der Waals surface area contributed by atoms with Gasteiger partial charge in [0.25, 0.3) is 0 Å². The minimum atomic E-state index is -0.782. The molecule has 0 aromatic heterocycles. The fourth-order valence-corrected chi connectivity index (χ4v) is 2.06. The molecule has 7 heteroatoms. The molecule has 0 atom stereocenters. The Morgan fingerprint density at radius 1 is 1.44 bits per heavy atom. The lowest BCUT2D eigenvalue weighted by Gasteiger charge is -2.14. The first-order valence-corrected chi connectivity index (χ1v) is 7.68. The zero-order chi connectivity index (χ0) is 19.0. The van der Waals surface area contributed by atoms with Crippen molar-refractivity contribution < 1.29 is 19.1 Å². The van der Waals surface area contributed by atoms with Gasteiger partial charge in [-0.1, -0.05) is 13.8 Å². The van der Waals surface area contributed by atoms with E-state index in [1.165, 1.54) is 13.2 Å².